The third-order valence-electron chi connectivity index (χ3n) is 3.34. The Morgan fingerprint density at radius 3 is 2.92 bits per heavy atom. The van der Waals surface area contributed by atoms with Gasteiger partial charge in [-0.3, -0.25) is 9.69 Å². The van der Waals surface area contributed by atoms with Gasteiger partial charge in [-0.15, -0.1) is 0 Å². The second kappa shape index (κ2) is 3.62. The molecule has 0 aromatic rings. The number of rotatable bonds is 2. The van der Waals surface area contributed by atoms with Crippen LogP contribution in [0.2, 0.25) is 0 Å². The number of carbonyl (C=O) groups excluding carboxylic acids is 1. The van der Waals surface area contributed by atoms with E-state index in [1.54, 1.807) is 6.92 Å². The molecule has 0 saturated carbocycles. The number of nitrogens with zero attached hydrogens (tertiary/aromatic N) is 1. The molecule has 2 saturated heterocycles. The topological polar surface area (TPSA) is 20.3 Å². The molecule has 0 N–H and O–H groups in total. The van der Waals surface area contributed by atoms with Gasteiger partial charge in [-0.25, -0.2) is 0 Å². The van der Waals surface area contributed by atoms with Crippen molar-refractivity contribution in [1.82, 2.24) is 4.90 Å². The normalized spacial score (nSPS) is 39.4. The van der Waals surface area contributed by atoms with Crippen LogP contribution in [0.1, 0.15) is 13.8 Å². The second-order valence-corrected chi connectivity index (χ2v) is 5.18. The summed E-state index contributed by atoms with van der Waals surface area (Å²) in [5, 5.41) is 0. The smallest absolute Gasteiger partial charge is 0.147 e. The van der Waals surface area contributed by atoms with Crippen molar-refractivity contribution < 1.29 is 4.79 Å². The predicted octanol–water partition coefficient (Wildman–Crippen LogP) is 1.26. The Morgan fingerprint density at radius 1 is 1.54 bits per heavy atom. The van der Waals surface area contributed by atoms with E-state index in [2.05, 4.69) is 11.8 Å². The minimum absolute atomic E-state index is 0.241. The lowest BCUT2D eigenvalue weighted by atomic mass is 9.92. The summed E-state index contributed by atoms with van der Waals surface area (Å²) in [5.74, 6) is 4.29. The fraction of sp³-hybridized carbons (Fsp3) is 0.900. The van der Waals surface area contributed by atoms with Gasteiger partial charge >= 0.3 is 0 Å². The fourth-order valence-electron chi connectivity index (χ4n) is 2.72. The van der Waals surface area contributed by atoms with Crippen LogP contribution >= 0.6 is 11.8 Å². The van der Waals surface area contributed by atoms with Crippen LogP contribution in [0.4, 0.5) is 0 Å². The van der Waals surface area contributed by atoms with E-state index in [-0.39, 0.29) is 6.04 Å². The minimum atomic E-state index is 0.241. The van der Waals surface area contributed by atoms with Crippen molar-refractivity contribution in [3.8, 4) is 0 Å². The van der Waals surface area contributed by atoms with Gasteiger partial charge in [0.2, 0.25) is 0 Å². The molecule has 0 spiro atoms. The first kappa shape index (κ1) is 9.53. The molecule has 2 aliphatic rings. The van der Waals surface area contributed by atoms with Crippen LogP contribution in [0.15, 0.2) is 0 Å². The largest absolute Gasteiger partial charge is 0.298 e. The first-order valence-corrected chi connectivity index (χ1v) is 6.21. The Kier molecular flexibility index (Phi) is 2.65. The summed E-state index contributed by atoms with van der Waals surface area (Å²) in [5.41, 5.74) is 0. The quantitative estimate of drug-likeness (QED) is 0.668. The van der Waals surface area contributed by atoms with Crippen LogP contribution < -0.4 is 0 Å². The maximum Gasteiger partial charge on any atom is 0.147 e. The van der Waals surface area contributed by atoms with Gasteiger partial charge < -0.3 is 0 Å². The zero-order chi connectivity index (χ0) is 9.42. The van der Waals surface area contributed by atoms with Gasteiger partial charge in [0, 0.05) is 6.54 Å². The van der Waals surface area contributed by atoms with Crippen LogP contribution in [0.25, 0.3) is 0 Å². The van der Waals surface area contributed by atoms with E-state index in [9.17, 15) is 4.79 Å². The Labute approximate surface area is 84.1 Å². The van der Waals surface area contributed by atoms with Gasteiger partial charge in [-0.05, 0) is 36.8 Å². The van der Waals surface area contributed by atoms with Gasteiger partial charge in [0.1, 0.15) is 5.78 Å². The third-order valence-corrected chi connectivity index (χ3v) is 4.62. The Balaban J connectivity index is 2.14. The highest BCUT2D eigenvalue weighted by molar-refractivity contribution is 7.99. The molecule has 0 amide bonds. The average Bonchev–Trinajstić information content (AvgIpc) is 2.59. The van der Waals surface area contributed by atoms with Crippen LogP contribution in [-0.4, -0.2) is 41.3 Å². The van der Waals surface area contributed by atoms with Gasteiger partial charge in [0.15, 0.2) is 0 Å². The van der Waals surface area contributed by atoms with E-state index >= 15 is 0 Å². The standard InChI is InChI=1S/C10H17NOS/c1-3-11-4-8-5-13-6-9(8)10(11)7(2)12/h8-10H,3-6H2,1-2H3. The van der Waals surface area contributed by atoms with Gasteiger partial charge in [-0.2, -0.15) is 11.8 Å². The molecule has 0 aliphatic carbocycles. The number of Topliss-reactive ketones (excluding diaryl/α,β-unsaturated/α-hetero) is 1. The van der Waals surface area contributed by atoms with E-state index in [4.69, 9.17) is 0 Å². The summed E-state index contributed by atoms with van der Waals surface area (Å²) in [6.45, 7) is 6.09. The zero-order valence-electron chi connectivity index (χ0n) is 8.32. The summed E-state index contributed by atoms with van der Waals surface area (Å²) >= 11 is 2.02. The lowest BCUT2D eigenvalue weighted by molar-refractivity contribution is -0.122. The molecule has 2 fully saturated rings. The molecule has 3 atom stereocenters. The summed E-state index contributed by atoms with van der Waals surface area (Å²) in [4.78, 5) is 13.9. The van der Waals surface area contributed by atoms with E-state index < -0.39 is 0 Å². The number of hydrogen-bond acceptors (Lipinski definition) is 3. The maximum absolute atomic E-state index is 11.5. The molecule has 0 bridgehead atoms. The van der Waals surface area contributed by atoms with Crippen molar-refractivity contribution in [3.05, 3.63) is 0 Å². The predicted molar refractivity (Wildman–Crippen MR) is 56.0 cm³/mol. The van der Waals surface area contributed by atoms with Crippen molar-refractivity contribution in [1.29, 1.82) is 0 Å². The summed E-state index contributed by atoms with van der Waals surface area (Å²) in [7, 11) is 0. The second-order valence-electron chi connectivity index (χ2n) is 4.10. The van der Waals surface area contributed by atoms with Crippen molar-refractivity contribution in [2.75, 3.05) is 24.6 Å². The molecule has 3 heteroatoms. The number of likely N-dealkylation sites (N-methyl/N-ethyl adjacent to an activating group) is 1. The fourth-order valence-corrected chi connectivity index (χ4v) is 4.24. The molecule has 2 aliphatic heterocycles. The number of likely N-dealkylation sites (tertiary alicyclic amines) is 1. The van der Waals surface area contributed by atoms with Gasteiger partial charge in [-0.1, -0.05) is 6.92 Å². The first-order chi connectivity index (χ1) is 6.24. The highest BCUT2D eigenvalue weighted by Crippen LogP contribution is 2.40. The number of hydrogen-bond donors (Lipinski definition) is 0. The van der Waals surface area contributed by atoms with Crippen LogP contribution in [-0.2, 0) is 4.79 Å². The summed E-state index contributed by atoms with van der Waals surface area (Å²) < 4.78 is 0. The van der Waals surface area contributed by atoms with E-state index in [1.165, 1.54) is 11.5 Å². The van der Waals surface area contributed by atoms with E-state index in [0.717, 1.165) is 19.0 Å². The highest BCUT2D eigenvalue weighted by Gasteiger charge is 2.45. The van der Waals surface area contributed by atoms with Gasteiger partial charge in [0.05, 0.1) is 6.04 Å². The Bertz CT molecular complexity index is 219. The Morgan fingerprint density at radius 2 is 2.31 bits per heavy atom. The molecule has 0 aromatic heterocycles. The number of thioether (sulfide) groups is 1. The number of carbonyl (C=O) groups is 1. The number of ketones is 1. The monoisotopic (exact) mass is 199 g/mol. The molecule has 0 radical (unpaired) electrons. The lowest BCUT2D eigenvalue weighted by Crippen LogP contribution is -2.38. The highest BCUT2D eigenvalue weighted by atomic mass is 32.2. The maximum atomic E-state index is 11.5. The van der Waals surface area contributed by atoms with Gasteiger partial charge in [0.25, 0.3) is 0 Å². The van der Waals surface area contributed by atoms with Crippen LogP contribution in [0.3, 0.4) is 0 Å². The Hall–Kier alpha value is -0.0200. The third kappa shape index (κ3) is 1.52. The SMILES string of the molecule is CCN1CC2CSCC2C1C(C)=O. The molecule has 2 rings (SSSR count). The van der Waals surface area contributed by atoms with E-state index in [0.29, 0.717) is 11.7 Å². The average molecular weight is 199 g/mol. The summed E-state index contributed by atoms with van der Waals surface area (Å²) in [6, 6.07) is 0.241. The molecule has 13 heavy (non-hydrogen) atoms. The molecular weight excluding hydrogens is 182 g/mol. The molecule has 2 heterocycles. The zero-order valence-corrected chi connectivity index (χ0v) is 9.14. The molecular formula is C10H17NOS. The van der Waals surface area contributed by atoms with Crippen molar-refractivity contribution in [2.45, 2.75) is 19.9 Å². The van der Waals surface area contributed by atoms with Crippen molar-refractivity contribution >= 4 is 17.5 Å². The minimum Gasteiger partial charge on any atom is -0.298 e. The van der Waals surface area contributed by atoms with Crippen LogP contribution in [0, 0.1) is 11.8 Å². The number of fused-ring (bicyclic) bond motifs is 1. The summed E-state index contributed by atoms with van der Waals surface area (Å²) in [6.07, 6.45) is 0. The first-order valence-electron chi connectivity index (χ1n) is 5.06. The molecule has 74 valence electrons. The lowest BCUT2D eigenvalue weighted by Gasteiger charge is -2.23. The van der Waals surface area contributed by atoms with Crippen molar-refractivity contribution in [3.63, 3.8) is 0 Å². The molecule has 3 unspecified atom stereocenters. The molecule has 2 nitrogen and oxygen atoms in total. The molecule has 0 aromatic carbocycles. The van der Waals surface area contributed by atoms with E-state index in [1.807, 2.05) is 11.8 Å². The van der Waals surface area contributed by atoms with Crippen LogP contribution in [0.5, 0.6) is 0 Å². The van der Waals surface area contributed by atoms with Crippen molar-refractivity contribution in [2.24, 2.45) is 11.8 Å².